The molecular weight excluding hydrogens is 218 g/mol. The quantitative estimate of drug-likeness (QED) is 0.654. The van der Waals surface area contributed by atoms with Crippen LogP contribution in [0.15, 0.2) is 23.1 Å². The molecule has 6 nitrogen and oxygen atoms in total. The van der Waals surface area contributed by atoms with Crippen LogP contribution in [-0.4, -0.2) is 24.7 Å². The molecule has 86 valence electrons. The van der Waals surface area contributed by atoms with E-state index >= 15 is 0 Å². The van der Waals surface area contributed by atoms with Crippen molar-refractivity contribution in [1.82, 2.24) is 24.7 Å². The topological polar surface area (TPSA) is 79.4 Å². The van der Waals surface area contributed by atoms with Crippen LogP contribution in [0.25, 0.3) is 17.1 Å². The average Bonchev–Trinajstić information content (AvgIpc) is 2.86. The number of imidazole rings is 1. The molecule has 6 heteroatoms. The summed E-state index contributed by atoms with van der Waals surface area (Å²) in [5.41, 5.74) is 2.84. The molecular formula is C11H11N5O. The second kappa shape index (κ2) is 3.31. The average molecular weight is 229 g/mol. The van der Waals surface area contributed by atoms with E-state index in [9.17, 15) is 4.79 Å². The molecule has 0 aromatic carbocycles. The lowest BCUT2D eigenvalue weighted by Gasteiger charge is -1.93. The monoisotopic (exact) mass is 229 g/mol. The van der Waals surface area contributed by atoms with E-state index in [0.717, 1.165) is 11.2 Å². The van der Waals surface area contributed by atoms with Gasteiger partial charge in [0.25, 0.3) is 5.56 Å². The fourth-order valence-electron chi connectivity index (χ4n) is 1.72. The van der Waals surface area contributed by atoms with Gasteiger partial charge >= 0.3 is 0 Å². The van der Waals surface area contributed by atoms with Crippen LogP contribution in [0.4, 0.5) is 0 Å². The van der Waals surface area contributed by atoms with Crippen LogP contribution in [0.3, 0.4) is 0 Å². The first-order valence-electron chi connectivity index (χ1n) is 5.26. The largest absolute Gasteiger partial charge is 0.321 e. The zero-order valence-electron chi connectivity index (χ0n) is 9.48. The molecule has 0 saturated carbocycles. The van der Waals surface area contributed by atoms with Crippen molar-refractivity contribution < 1.29 is 0 Å². The summed E-state index contributed by atoms with van der Waals surface area (Å²) in [6.07, 6.45) is 1.67. The Kier molecular flexibility index (Phi) is 1.91. The zero-order chi connectivity index (χ0) is 12.0. The number of rotatable bonds is 1. The highest BCUT2D eigenvalue weighted by atomic mass is 16.1. The van der Waals surface area contributed by atoms with E-state index in [1.165, 1.54) is 4.68 Å². The Morgan fingerprint density at radius 1 is 1.35 bits per heavy atom. The molecule has 0 fully saturated rings. The van der Waals surface area contributed by atoms with Crippen LogP contribution >= 0.6 is 0 Å². The Hall–Kier alpha value is -2.37. The highest BCUT2D eigenvalue weighted by molar-refractivity contribution is 5.71. The van der Waals surface area contributed by atoms with Gasteiger partial charge in [0, 0.05) is 17.5 Å². The van der Waals surface area contributed by atoms with Crippen LogP contribution < -0.4 is 5.56 Å². The summed E-state index contributed by atoms with van der Waals surface area (Å²) in [6.45, 7) is 3.64. The van der Waals surface area contributed by atoms with Gasteiger partial charge in [0.1, 0.15) is 0 Å². The summed E-state index contributed by atoms with van der Waals surface area (Å²) in [4.78, 5) is 23.3. The summed E-state index contributed by atoms with van der Waals surface area (Å²) < 4.78 is 1.40. The van der Waals surface area contributed by atoms with E-state index in [1.807, 2.05) is 19.1 Å². The maximum absolute atomic E-state index is 11.9. The molecule has 0 saturated heterocycles. The van der Waals surface area contributed by atoms with Crippen molar-refractivity contribution in [2.45, 2.75) is 13.8 Å². The molecule has 0 aliphatic carbocycles. The number of H-pyrrole nitrogens is 2. The molecule has 0 spiro atoms. The smallest absolute Gasteiger partial charge is 0.276 e. The van der Waals surface area contributed by atoms with E-state index in [4.69, 9.17) is 0 Å². The van der Waals surface area contributed by atoms with Gasteiger partial charge in [0.05, 0.1) is 5.52 Å². The van der Waals surface area contributed by atoms with Crippen molar-refractivity contribution in [2.75, 3.05) is 0 Å². The van der Waals surface area contributed by atoms with E-state index in [2.05, 4.69) is 20.1 Å². The zero-order valence-corrected chi connectivity index (χ0v) is 9.48. The number of aromatic nitrogens is 5. The molecule has 3 aromatic heterocycles. The van der Waals surface area contributed by atoms with Crippen molar-refractivity contribution in [2.24, 2.45) is 0 Å². The van der Waals surface area contributed by atoms with Crippen LogP contribution in [0.5, 0.6) is 0 Å². The number of fused-ring (bicyclic) bond motifs is 1. The Bertz CT molecular complexity index is 716. The van der Waals surface area contributed by atoms with Gasteiger partial charge in [-0.2, -0.15) is 9.67 Å². The van der Waals surface area contributed by atoms with Crippen LogP contribution in [0.2, 0.25) is 0 Å². The van der Waals surface area contributed by atoms with Crippen molar-refractivity contribution in [3.63, 3.8) is 0 Å². The molecule has 3 rings (SSSR count). The van der Waals surface area contributed by atoms with Crippen molar-refractivity contribution in [1.29, 1.82) is 0 Å². The van der Waals surface area contributed by atoms with Gasteiger partial charge in [-0.3, -0.25) is 9.89 Å². The van der Waals surface area contributed by atoms with Crippen LogP contribution in [-0.2, 0) is 0 Å². The van der Waals surface area contributed by atoms with Crippen molar-refractivity contribution >= 4 is 11.2 Å². The van der Waals surface area contributed by atoms with Gasteiger partial charge in [-0.25, -0.2) is 4.98 Å². The Morgan fingerprint density at radius 3 is 2.82 bits per heavy atom. The van der Waals surface area contributed by atoms with Gasteiger partial charge in [-0.05, 0) is 26.0 Å². The van der Waals surface area contributed by atoms with Crippen LogP contribution in [0, 0.1) is 13.8 Å². The fraction of sp³-hybridized carbons (Fsp3) is 0.182. The summed E-state index contributed by atoms with van der Waals surface area (Å²) in [5.74, 6) is 0.458. The number of aromatic amines is 2. The van der Waals surface area contributed by atoms with E-state index in [0.29, 0.717) is 17.2 Å². The molecule has 0 unspecified atom stereocenters. The van der Waals surface area contributed by atoms with Gasteiger partial charge in [0.15, 0.2) is 5.65 Å². The number of aryl methyl sites for hydroxylation is 1. The second-order valence-electron chi connectivity index (χ2n) is 3.94. The van der Waals surface area contributed by atoms with E-state index in [-0.39, 0.29) is 5.56 Å². The molecule has 0 atom stereocenters. The molecule has 0 bridgehead atoms. The Morgan fingerprint density at radius 2 is 2.18 bits per heavy atom. The first-order valence-corrected chi connectivity index (χ1v) is 5.26. The third-order valence-electron chi connectivity index (χ3n) is 2.82. The lowest BCUT2D eigenvalue weighted by Crippen LogP contribution is -2.17. The maximum atomic E-state index is 11.9. The first-order chi connectivity index (χ1) is 8.16. The van der Waals surface area contributed by atoms with Gasteiger partial charge < -0.3 is 4.98 Å². The minimum atomic E-state index is -0.0958. The highest BCUT2D eigenvalue weighted by Crippen LogP contribution is 2.09. The molecule has 0 radical (unpaired) electrons. The Balaban J connectivity index is 2.27. The summed E-state index contributed by atoms with van der Waals surface area (Å²) in [6, 6.07) is 3.69. The predicted molar refractivity (Wildman–Crippen MR) is 63.3 cm³/mol. The lowest BCUT2D eigenvalue weighted by atomic mass is 10.3. The molecule has 17 heavy (non-hydrogen) atoms. The molecule has 3 aromatic rings. The molecule has 2 N–H and O–H groups in total. The van der Waals surface area contributed by atoms with E-state index in [1.54, 1.807) is 13.1 Å². The van der Waals surface area contributed by atoms with Gasteiger partial charge in [-0.15, -0.1) is 0 Å². The normalized spacial score (nSPS) is 11.2. The number of nitrogens with zero attached hydrogens (tertiary/aromatic N) is 3. The highest BCUT2D eigenvalue weighted by Gasteiger charge is 2.11. The molecule has 0 amide bonds. The number of hydrogen-bond donors (Lipinski definition) is 2. The van der Waals surface area contributed by atoms with Gasteiger partial charge in [0.2, 0.25) is 5.95 Å². The second-order valence-corrected chi connectivity index (χ2v) is 3.94. The van der Waals surface area contributed by atoms with Crippen LogP contribution in [0.1, 0.15) is 11.3 Å². The SMILES string of the molecule is Cc1[nH]n(-c2nc3ncccc3[nH]2)c(=O)c1C. The summed E-state index contributed by atoms with van der Waals surface area (Å²) in [7, 11) is 0. The van der Waals surface area contributed by atoms with Gasteiger partial charge in [-0.1, -0.05) is 0 Å². The van der Waals surface area contributed by atoms with Crippen molar-refractivity contribution in [3.05, 3.63) is 39.9 Å². The standard InChI is InChI=1S/C11H11N5O/c1-6-7(2)15-16(10(6)17)11-13-8-4-3-5-12-9(8)14-11/h3-5,15H,1-2H3,(H,12,13,14). The molecule has 0 aliphatic rings. The fourth-order valence-corrected chi connectivity index (χ4v) is 1.72. The molecule has 0 aliphatic heterocycles. The van der Waals surface area contributed by atoms with E-state index < -0.39 is 0 Å². The third kappa shape index (κ3) is 1.37. The summed E-state index contributed by atoms with van der Waals surface area (Å²) >= 11 is 0. The minimum absolute atomic E-state index is 0.0958. The lowest BCUT2D eigenvalue weighted by molar-refractivity contribution is 0.790. The molecule has 3 heterocycles. The predicted octanol–water partition coefficient (Wildman–Crippen LogP) is 1.05. The summed E-state index contributed by atoms with van der Waals surface area (Å²) in [5, 5.41) is 2.97. The maximum Gasteiger partial charge on any atom is 0.276 e. The third-order valence-corrected chi connectivity index (χ3v) is 2.82. The minimum Gasteiger partial charge on any atom is -0.321 e. The first kappa shape index (κ1) is 9.83. The van der Waals surface area contributed by atoms with Crippen molar-refractivity contribution in [3.8, 4) is 5.95 Å². The number of nitrogens with one attached hydrogen (secondary N) is 2. The number of pyridine rings is 1. The Labute approximate surface area is 96.3 Å². The number of hydrogen-bond acceptors (Lipinski definition) is 3.